The van der Waals surface area contributed by atoms with E-state index in [-0.39, 0.29) is 11.9 Å². The fourth-order valence-corrected chi connectivity index (χ4v) is 3.88. The maximum atomic E-state index is 12.7. The second-order valence-corrected chi connectivity index (χ2v) is 7.74. The number of nitrogens with zero attached hydrogens (tertiary/aromatic N) is 1. The van der Waals surface area contributed by atoms with Crippen LogP contribution in [-0.4, -0.2) is 43.2 Å². The molecular weight excluding hydrogens is 376 g/mol. The van der Waals surface area contributed by atoms with Crippen molar-refractivity contribution in [2.75, 3.05) is 31.6 Å². The Morgan fingerprint density at radius 1 is 1.11 bits per heavy atom. The smallest absolute Gasteiger partial charge is 0.222 e. The Kier molecular flexibility index (Phi) is 5.91. The Labute approximate surface area is 170 Å². The minimum atomic E-state index is 0.212. The SMILES string of the molecule is O=C(CCc1ccc(Cl)cc1)N1CCC[C@H](Nc2ccc3c(c2)OCCO3)C1. The van der Waals surface area contributed by atoms with Gasteiger partial charge in [0.15, 0.2) is 11.5 Å². The van der Waals surface area contributed by atoms with Crippen LogP contribution in [0, 0.1) is 0 Å². The first-order valence-corrected chi connectivity index (χ1v) is 10.2. The Hall–Kier alpha value is -2.40. The summed E-state index contributed by atoms with van der Waals surface area (Å²) in [5.74, 6) is 1.78. The van der Waals surface area contributed by atoms with Gasteiger partial charge in [0.1, 0.15) is 13.2 Å². The number of aryl methyl sites for hydroxylation is 1. The van der Waals surface area contributed by atoms with Gasteiger partial charge in [0.2, 0.25) is 5.91 Å². The van der Waals surface area contributed by atoms with Crippen LogP contribution in [0.25, 0.3) is 0 Å². The number of hydrogen-bond acceptors (Lipinski definition) is 4. The maximum Gasteiger partial charge on any atom is 0.222 e. The normalized spacial score (nSPS) is 18.6. The lowest BCUT2D eigenvalue weighted by Crippen LogP contribution is -2.45. The van der Waals surface area contributed by atoms with Gasteiger partial charge in [0, 0.05) is 42.3 Å². The topological polar surface area (TPSA) is 50.8 Å². The van der Waals surface area contributed by atoms with Crippen LogP contribution in [0.5, 0.6) is 11.5 Å². The van der Waals surface area contributed by atoms with Gasteiger partial charge in [-0.3, -0.25) is 4.79 Å². The van der Waals surface area contributed by atoms with E-state index in [1.54, 1.807) is 0 Å². The van der Waals surface area contributed by atoms with Gasteiger partial charge in [-0.15, -0.1) is 0 Å². The number of fused-ring (bicyclic) bond motifs is 1. The Morgan fingerprint density at radius 3 is 2.71 bits per heavy atom. The molecule has 1 N–H and O–H groups in total. The second-order valence-electron chi connectivity index (χ2n) is 7.31. The standard InChI is InChI=1S/C22H25ClN2O3/c23-17-6-3-16(4-7-17)5-10-22(26)25-11-1-2-19(15-25)24-18-8-9-20-21(14-18)28-13-12-27-20/h3-4,6-9,14,19,24H,1-2,5,10-13,15H2/t19-/m0/s1. The molecule has 1 atom stereocenters. The third-order valence-corrected chi connectivity index (χ3v) is 5.48. The minimum Gasteiger partial charge on any atom is -0.486 e. The summed E-state index contributed by atoms with van der Waals surface area (Å²) < 4.78 is 11.2. The first-order chi connectivity index (χ1) is 13.7. The second kappa shape index (κ2) is 8.74. The van der Waals surface area contributed by atoms with E-state index in [1.165, 1.54) is 0 Å². The summed E-state index contributed by atoms with van der Waals surface area (Å²) in [5.41, 5.74) is 2.14. The number of nitrogens with one attached hydrogen (secondary N) is 1. The number of anilines is 1. The molecule has 1 saturated heterocycles. The number of carbonyl (C=O) groups excluding carboxylic acids is 1. The van der Waals surface area contributed by atoms with Gasteiger partial charge in [-0.2, -0.15) is 0 Å². The number of carbonyl (C=O) groups is 1. The highest BCUT2D eigenvalue weighted by Gasteiger charge is 2.24. The summed E-state index contributed by atoms with van der Waals surface area (Å²) >= 11 is 5.92. The van der Waals surface area contributed by atoms with Crippen molar-refractivity contribution in [1.29, 1.82) is 0 Å². The summed E-state index contributed by atoms with van der Waals surface area (Å²) in [4.78, 5) is 14.6. The lowest BCUT2D eigenvalue weighted by Gasteiger charge is -2.34. The van der Waals surface area contributed by atoms with E-state index >= 15 is 0 Å². The summed E-state index contributed by atoms with van der Waals surface area (Å²) in [6.07, 6.45) is 3.33. The number of ether oxygens (including phenoxy) is 2. The molecular formula is C22H25ClN2O3. The molecule has 0 spiro atoms. The molecule has 2 aromatic rings. The first kappa shape index (κ1) is 18.9. The van der Waals surface area contributed by atoms with Crippen molar-refractivity contribution in [3.63, 3.8) is 0 Å². The molecule has 2 aromatic carbocycles. The molecule has 4 rings (SSSR count). The lowest BCUT2D eigenvalue weighted by atomic mass is 10.0. The molecule has 5 nitrogen and oxygen atoms in total. The van der Waals surface area contributed by atoms with Crippen molar-refractivity contribution in [3.8, 4) is 11.5 Å². The molecule has 6 heteroatoms. The van der Waals surface area contributed by atoms with Crippen LogP contribution >= 0.6 is 11.6 Å². The number of likely N-dealkylation sites (tertiary alicyclic amines) is 1. The molecule has 1 fully saturated rings. The molecule has 1 amide bonds. The molecule has 0 saturated carbocycles. The van der Waals surface area contributed by atoms with Gasteiger partial charge >= 0.3 is 0 Å². The summed E-state index contributed by atoms with van der Waals surface area (Å²) in [6, 6.07) is 13.9. The molecule has 0 unspecified atom stereocenters. The Morgan fingerprint density at radius 2 is 1.89 bits per heavy atom. The van der Waals surface area contributed by atoms with Crippen molar-refractivity contribution < 1.29 is 14.3 Å². The molecule has 0 aliphatic carbocycles. The van der Waals surface area contributed by atoms with Crippen LogP contribution in [0.2, 0.25) is 5.02 Å². The highest BCUT2D eigenvalue weighted by molar-refractivity contribution is 6.30. The maximum absolute atomic E-state index is 12.7. The predicted octanol–water partition coefficient (Wildman–Crippen LogP) is 4.15. The molecule has 0 radical (unpaired) electrons. The Bertz CT molecular complexity index is 825. The van der Waals surface area contributed by atoms with E-state index < -0.39 is 0 Å². The van der Waals surface area contributed by atoms with E-state index in [4.69, 9.17) is 21.1 Å². The quantitative estimate of drug-likeness (QED) is 0.819. The van der Waals surface area contributed by atoms with Crippen molar-refractivity contribution in [2.24, 2.45) is 0 Å². The van der Waals surface area contributed by atoms with Crippen molar-refractivity contribution in [2.45, 2.75) is 31.7 Å². The van der Waals surface area contributed by atoms with E-state index in [0.29, 0.717) is 19.6 Å². The molecule has 2 aliphatic rings. The Balaban J connectivity index is 1.31. The summed E-state index contributed by atoms with van der Waals surface area (Å²) in [6.45, 7) is 2.73. The summed E-state index contributed by atoms with van der Waals surface area (Å²) in [5, 5.41) is 4.27. The van der Waals surface area contributed by atoms with Gasteiger partial charge in [-0.25, -0.2) is 0 Å². The largest absolute Gasteiger partial charge is 0.486 e. The highest BCUT2D eigenvalue weighted by atomic mass is 35.5. The van der Waals surface area contributed by atoms with Crippen LogP contribution in [0.15, 0.2) is 42.5 Å². The van der Waals surface area contributed by atoms with Crippen LogP contribution in [0.1, 0.15) is 24.8 Å². The van der Waals surface area contributed by atoms with E-state index in [1.807, 2.05) is 47.4 Å². The molecule has 2 heterocycles. The predicted molar refractivity (Wildman–Crippen MR) is 110 cm³/mol. The van der Waals surface area contributed by atoms with Gasteiger partial charge < -0.3 is 19.7 Å². The number of piperidine rings is 1. The van der Waals surface area contributed by atoms with E-state index in [9.17, 15) is 4.79 Å². The molecule has 148 valence electrons. The third kappa shape index (κ3) is 4.71. The van der Waals surface area contributed by atoms with Crippen LogP contribution in [0.4, 0.5) is 5.69 Å². The zero-order valence-corrected chi connectivity index (χ0v) is 16.6. The number of benzene rings is 2. The fraction of sp³-hybridized carbons (Fsp3) is 0.409. The van der Waals surface area contributed by atoms with E-state index in [0.717, 1.165) is 60.1 Å². The van der Waals surface area contributed by atoms with Crippen LogP contribution in [-0.2, 0) is 11.2 Å². The zero-order chi connectivity index (χ0) is 19.3. The molecule has 28 heavy (non-hydrogen) atoms. The average molecular weight is 401 g/mol. The van der Waals surface area contributed by atoms with Crippen LogP contribution in [0.3, 0.4) is 0 Å². The van der Waals surface area contributed by atoms with Gasteiger partial charge in [-0.05, 0) is 49.1 Å². The van der Waals surface area contributed by atoms with Crippen molar-refractivity contribution in [1.82, 2.24) is 4.90 Å². The van der Waals surface area contributed by atoms with Crippen LogP contribution < -0.4 is 14.8 Å². The molecule has 2 aliphatic heterocycles. The average Bonchev–Trinajstić information content (AvgIpc) is 2.73. The molecule has 0 bridgehead atoms. The van der Waals surface area contributed by atoms with Crippen molar-refractivity contribution >= 4 is 23.2 Å². The van der Waals surface area contributed by atoms with E-state index in [2.05, 4.69) is 5.32 Å². The number of halogens is 1. The number of amides is 1. The molecule has 0 aromatic heterocycles. The van der Waals surface area contributed by atoms with Gasteiger partial charge in [-0.1, -0.05) is 23.7 Å². The van der Waals surface area contributed by atoms with Gasteiger partial charge in [0.05, 0.1) is 0 Å². The minimum absolute atomic E-state index is 0.212. The number of hydrogen-bond donors (Lipinski definition) is 1. The number of rotatable bonds is 5. The summed E-state index contributed by atoms with van der Waals surface area (Å²) in [7, 11) is 0. The monoisotopic (exact) mass is 400 g/mol. The van der Waals surface area contributed by atoms with Crippen molar-refractivity contribution in [3.05, 3.63) is 53.1 Å². The zero-order valence-electron chi connectivity index (χ0n) is 15.8. The lowest BCUT2D eigenvalue weighted by molar-refractivity contribution is -0.132. The third-order valence-electron chi connectivity index (χ3n) is 5.23. The van der Waals surface area contributed by atoms with Gasteiger partial charge in [0.25, 0.3) is 0 Å². The fourth-order valence-electron chi connectivity index (χ4n) is 3.75. The first-order valence-electron chi connectivity index (χ1n) is 9.86. The highest BCUT2D eigenvalue weighted by Crippen LogP contribution is 2.33.